The fourth-order valence-electron chi connectivity index (χ4n) is 1.71. The molecule has 6 nitrogen and oxygen atoms in total. The summed E-state index contributed by atoms with van der Waals surface area (Å²) in [5.41, 5.74) is 0.597. The van der Waals surface area contributed by atoms with Gasteiger partial charge in [0.15, 0.2) is 0 Å². The van der Waals surface area contributed by atoms with Crippen molar-refractivity contribution < 1.29 is 18.5 Å². The normalized spacial score (nSPS) is 15.1. The van der Waals surface area contributed by atoms with Crippen LogP contribution < -0.4 is 15.4 Å². The van der Waals surface area contributed by atoms with Gasteiger partial charge in [-0.05, 0) is 37.1 Å². The topological polar surface area (TPSA) is 84.5 Å². The second kappa shape index (κ2) is 7.21. The van der Waals surface area contributed by atoms with Gasteiger partial charge in [-0.3, -0.25) is 13.8 Å². The van der Waals surface area contributed by atoms with Gasteiger partial charge in [0.1, 0.15) is 17.3 Å². The Hall–Kier alpha value is -1.89. The first-order valence-electron chi connectivity index (χ1n) is 6.65. The molecule has 21 heavy (non-hydrogen) atoms. The van der Waals surface area contributed by atoms with Crippen LogP contribution in [-0.4, -0.2) is 40.7 Å². The van der Waals surface area contributed by atoms with Crippen molar-refractivity contribution in [3.63, 3.8) is 0 Å². The molecule has 0 radical (unpaired) electrons. The molecule has 2 N–H and O–H groups in total. The van der Waals surface area contributed by atoms with Crippen LogP contribution in [0.25, 0.3) is 0 Å². The van der Waals surface area contributed by atoms with Crippen molar-refractivity contribution >= 4 is 28.3 Å². The summed E-state index contributed by atoms with van der Waals surface area (Å²) in [5, 5.41) is 5.37. The molecule has 2 amide bonds. The Morgan fingerprint density at radius 3 is 2.38 bits per heavy atom. The standard InChI is InChI=1S/C14H18N2O4S/c1-20-12-6-4-11(5-7-12)16-14(18)9-21(19)8-13(17)15-10-2-3-10/h4-7,10H,2-3,8-9H2,1H3,(H,15,17)(H,16,18)/t21-/m1/s1. The lowest BCUT2D eigenvalue weighted by molar-refractivity contribution is -0.118. The highest BCUT2D eigenvalue weighted by Crippen LogP contribution is 2.18. The number of anilines is 1. The number of hydrogen-bond acceptors (Lipinski definition) is 4. The quantitative estimate of drug-likeness (QED) is 0.775. The van der Waals surface area contributed by atoms with Crippen LogP contribution in [-0.2, 0) is 20.4 Å². The lowest BCUT2D eigenvalue weighted by Gasteiger charge is -2.06. The van der Waals surface area contributed by atoms with Gasteiger partial charge in [0.05, 0.1) is 7.11 Å². The molecule has 0 spiro atoms. The molecule has 7 heteroatoms. The number of carbonyl (C=O) groups is 2. The molecule has 1 atom stereocenters. The summed E-state index contributed by atoms with van der Waals surface area (Å²) in [6, 6.07) is 7.06. The maximum atomic E-state index is 11.7. The van der Waals surface area contributed by atoms with Gasteiger partial charge in [-0.1, -0.05) is 0 Å². The van der Waals surface area contributed by atoms with Gasteiger partial charge in [-0.2, -0.15) is 0 Å². The molecule has 0 bridgehead atoms. The van der Waals surface area contributed by atoms with Gasteiger partial charge in [0.2, 0.25) is 11.8 Å². The summed E-state index contributed by atoms with van der Waals surface area (Å²) in [6.07, 6.45) is 1.96. The van der Waals surface area contributed by atoms with E-state index < -0.39 is 10.8 Å². The van der Waals surface area contributed by atoms with Crippen molar-refractivity contribution in [3.8, 4) is 5.75 Å². The Kier molecular flexibility index (Phi) is 5.32. The minimum Gasteiger partial charge on any atom is -0.497 e. The van der Waals surface area contributed by atoms with Crippen molar-refractivity contribution in [1.82, 2.24) is 5.32 Å². The van der Waals surface area contributed by atoms with Crippen LogP contribution in [0.5, 0.6) is 5.75 Å². The van der Waals surface area contributed by atoms with Crippen LogP contribution in [0.1, 0.15) is 12.8 Å². The number of benzene rings is 1. The number of carbonyl (C=O) groups excluding carboxylic acids is 2. The predicted octanol–water partition coefficient (Wildman–Crippen LogP) is 0.661. The third-order valence-electron chi connectivity index (χ3n) is 2.90. The average Bonchev–Trinajstić information content (AvgIpc) is 3.22. The highest BCUT2D eigenvalue weighted by Gasteiger charge is 2.24. The van der Waals surface area contributed by atoms with Gasteiger partial charge in [-0.25, -0.2) is 0 Å². The molecule has 1 aromatic rings. The zero-order valence-electron chi connectivity index (χ0n) is 11.8. The molecule has 1 aliphatic rings. The van der Waals surface area contributed by atoms with Crippen LogP contribution in [0.15, 0.2) is 24.3 Å². The van der Waals surface area contributed by atoms with E-state index in [-0.39, 0.29) is 29.4 Å². The highest BCUT2D eigenvalue weighted by molar-refractivity contribution is 7.86. The maximum absolute atomic E-state index is 11.7. The zero-order chi connectivity index (χ0) is 15.2. The van der Waals surface area contributed by atoms with Crippen LogP contribution in [0.2, 0.25) is 0 Å². The summed E-state index contributed by atoms with van der Waals surface area (Å²) in [4.78, 5) is 23.2. The van der Waals surface area contributed by atoms with E-state index in [1.54, 1.807) is 31.4 Å². The van der Waals surface area contributed by atoms with Crippen LogP contribution >= 0.6 is 0 Å². The van der Waals surface area contributed by atoms with Crippen LogP contribution in [0.4, 0.5) is 5.69 Å². The molecular formula is C14H18N2O4S. The smallest absolute Gasteiger partial charge is 0.237 e. The van der Waals surface area contributed by atoms with E-state index in [1.165, 1.54) is 0 Å². The second-order valence-corrected chi connectivity index (χ2v) is 6.30. The van der Waals surface area contributed by atoms with Crippen molar-refractivity contribution in [2.75, 3.05) is 23.9 Å². The Bertz CT molecular complexity index is 540. The third kappa shape index (κ3) is 5.55. The fourth-order valence-corrected chi connectivity index (χ4v) is 2.55. The molecule has 0 unspecified atom stereocenters. The first kappa shape index (κ1) is 15.5. The second-order valence-electron chi connectivity index (χ2n) is 4.85. The highest BCUT2D eigenvalue weighted by atomic mass is 32.2. The molecule has 1 fully saturated rings. The maximum Gasteiger partial charge on any atom is 0.237 e. The summed E-state index contributed by atoms with van der Waals surface area (Å²) in [5.74, 6) is -0.268. The van der Waals surface area contributed by atoms with Gasteiger partial charge < -0.3 is 15.4 Å². The molecule has 1 aromatic carbocycles. The number of ether oxygens (including phenoxy) is 1. The van der Waals surface area contributed by atoms with Gasteiger partial charge >= 0.3 is 0 Å². The van der Waals surface area contributed by atoms with Crippen LogP contribution in [0, 0.1) is 0 Å². The molecular weight excluding hydrogens is 292 g/mol. The van der Waals surface area contributed by atoms with E-state index in [0.29, 0.717) is 11.4 Å². The summed E-state index contributed by atoms with van der Waals surface area (Å²) in [7, 11) is 0.0617. The molecule has 114 valence electrons. The largest absolute Gasteiger partial charge is 0.497 e. The molecule has 0 aromatic heterocycles. The summed E-state index contributed by atoms with van der Waals surface area (Å²) < 4.78 is 16.7. The number of amides is 2. The minimum absolute atomic E-state index is 0.132. The van der Waals surface area contributed by atoms with E-state index in [1.807, 2.05) is 0 Å². The zero-order valence-corrected chi connectivity index (χ0v) is 12.6. The summed E-state index contributed by atoms with van der Waals surface area (Å²) >= 11 is 0. The van der Waals surface area contributed by atoms with Crippen molar-refractivity contribution in [1.29, 1.82) is 0 Å². The lowest BCUT2D eigenvalue weighted by atomic mass is 10.3. The fraction of sp³-hybridized carbons (Fsp3) is 0.429. The van der Waals surface area contributed by atoms with Crippen molar-refractivity contribution in [3.05, 3.63) is 24.3 Å². The third-order valence-corrected chi connectivity index (χ3v) is 4.07. The van der Waals surface area contributed by atoms with Gasteiger partial charge in [-0.15, -0.1) is 0 Å². The van der Waals surface area contributed by atoms with E-state index in [4.69, 9.17) is 4.74 Å². The Labute approximate surface area is 125 Å². The van der Waals surface area contributed by atoms with Gasteiger partial charge in [0, 0.05) is 22.5 Å². The monoisotopic (exact) mass is 310 g/mol. The van der Waals surface area contributed by atoms with E-state index in [2.05, 4.69) is 10.6 Å². The first-order chi connectivity index (χ1) is 10.1. The molecule has 0 aliphatic heterocycles. The van der Waals surface area contributed by atoms with Crippen molar-refractivity contribution in [2.45, 2.75) is 18.9 Å². The Morgan fingerprint density at radius 2 is 1.81 bits per heavy atom. The number of hydrogen-bond donors (Lipinski definition) is 2. The molecule has 2 rings (SSSR count). The Balaban J connectivity index is 1.74. The molecule has 1 saturated carbocycles. The predicted molar refractivity (Wildman–Crippen MR) is 80.7 cm³/mol. The molecule has 0 saturated heterocycles. The number of methoxy groups -OCH3 is 1. The van der Waals surface area contributed by atoms with E-state index >= 15 is 0 Å². The van der Waals surface area contributed by atoms with E-state index in [9.17, 15) is 13.8 Å². The molecule has 0 heterocycles. The minimum atomic E-state index is -1.50. The van der Waals surface area contributed by atoms with Crippen LogP contribution in [0.3, 0.4) is 0 Å². The van der Waals surface area contributed by atoms with Gasteiger partial charge in [0.25, 0.3) is 0 Å². The first-order valence-corrected chi connectivity index (χ1v) is 8.14. The Morgan fingerprint density at radius 1 is 1.19 bits per heavy atom. The average molecular weight is 310 g/mol. The SMILES string of the molecule is COc1ccc(NC(=O)C[S@](=O)CC(=O)NC2CC2)cc1. The van der Waals surface area contributed by atoms with E-state index in [0.717, 1.165) is 12.8 Å². The van der Waals surface area contributed by atoms with Crippen molar-refractivity contribution in [2.24, 2.45) is 0 Å². The summed E-state index contributed by atoms with van der Waals surface area (Å²) in [6.45, 7) is 0. The number of rotatable bonds is 7. The number of nitrogens with one attached hydrogen (secondary N) is 2. The molecule has 1 aliphatic carbocycles. The lowest BCUT2D eigenvalue weighted by Crippen LogP contribution is -2.32.